The molecule has 0 atom stereocenters. The summed E-state index contributed by atoms with van der Waals surface area (Å²) in [6.07, 6.45) is 1.21. The van der Waals surface area contributed by atoms with E-state index in [0.29, 0.717) is 13.2 Å². The Morgan fingerprint density at radius 1 is 1.29 bits per heavy atom. The van der Waals surface area contributed by atoms with Crippen molar-refractivity contribution in [1.29, 1.82) is 0 Å². The van der Waals surface area contributed by atoms with Crippen LogP contribution in [0.1, 0.15) is 11.1 Å². The highest BCUT2D eigenvalue weighted by atomic mass is 127. The second kappa shape index (κ2) is 11.6. The first-order valence-corrected chi connectivity index (χ1v) is 9.61. The van der Waals surface area contributed by atoms with Crippen LogP contribution in [0, 0.1) is 6.92 Å². The second-order valence-corrected chi connectivity index (χ2v) is 7.76. The van der Waals surface area contributed by atoms with Crippen molar-refractivity contribution in [1.82, 2.24) is 10.2 Å². The Labute approximate surface area is 162 Å². The lowest BCUT2D eigenvalue weighted by Gasteiger charge is -2.23. The van der Waals surface area contributed by atoms with Crippen LogP contribution in [-0.2, 0) is 21.1 Å². The van der Waals surface area contributed by atoms with Crippen molar-refractivity contribution in [3.8, 4) is 0 Å². The molecule has 0 aromatic heterocycles. The number of guanidine groups is 1. The predicted molar refractivity (Wildman–Crippen MR) is 110 cm³/mol. The normalized spacial score (nSPS) is 11.8. The van der Waals surface area contributed by atoms with Crippen LogP contribution in [0.4, 0.5) is 0 Å². The van der Waals surface area contributed by atoms with Gasteiger partial charge >= 0.3 is 0 Å². The summed E-state index contributed by atoms with van der Waals surface area (Å²) < 4.78 is 27.3. The monoisotopic (exact) mass is 469 g/mol. The van der Waals surface area contributed by atoms with Crippen LogP contribution >= 0.6 is 24.0 Å². The molecule has 1 aromatic rings. The van der Waals surface area contributed by atoms with Gasteiger partial charge in [-0.25, -0.2) is 8.42 Å². The number of rotatable bonds is 8. The molecule has 0 aliphatic heterocycles. The predicted octanol–water partition coefficient (Wildman–Crippen LogP) is 1.68. The molecule has 6 nitrogen and oxygen atoms in total. The number of benzene rings is 1. The first-order chi connectivity index (χ1) is 10.8. The molecule has 0 aliphatic rings. The van der Waals surface area contributed by atoms with Gasteiger partial charge in [0.1, 0.15) is 9.84 Å². The van der Waals surface area contributed by atoms with Crippen LogP contribution in [0.5, 0.6) is 0 Å². The molecule has 0 bridgehead atoms. The van der Waals surface area contributed by atoms with E-state index in [0.717, 1.165) is 12.5 Å². The lowest BCUT2D eigenvalue weighted by Crippen LogP contribution is -2.40. The minimum atomic E-state index is -2.96. The number of aliphatic imine (C=N–C) groups is 1. The largest absolute Gasteiger partial charge is 0.379 e. The van der Waals surface area contributed by atoms with Gasteiger partial charge < -0.3 is 15.0 Å². The zero-order valence-corrected chi connectivity index (χ0v) is 17.9. The summed E-state index contributed by atoms with van der Waals surface area (Å²) in [6.45, 7) is 4.09. The Morgan fingerprint density at radius 2 is 1.96 bits per heavy atom. The molecule has 0 saturated heterocycles. The van der Waals surface area contributed by atoms with Gasteiger partial charge in [0.05, 0.1) is 19.0 Å². The summed E-state index contributed by atoms with van der Waals surface area (Å²) in [5.41, 5.74) is 2.50. The van der Waals surface area contributed by atoms with E-state index in [-0.39, 0.29) is 36.3 Å². The fourth-order valence-electron chi connectivity index (χ4n) is 2.05. The summed E-state index contributed by atoms with van der Waals surface area (Å²) in [4.78, 5) is 6.29. The third-order valence-electron chi connectivity index (χ3n) is 3.37. The number of sulfone groups is 1. The van der Waals surface area contributed by atoms with Gasteiger partial charge in [-0.1, -0.05) is 24.3 Å². The summed E-state index contributed by atoms with van der Waals surface area (Å²) in [7, 11) is 0.754. The molecule has 8 heteroatoms. The van der Waals surface area contributed by atoms with Crippen molar-refractivity contribution in [3.05, 3.63) is 35.4 Å². The summed E-state index contributed by atoms with van der Waals surface area (Å²) in [5.74, 6) is 0.828. The van der Waals surface area contributed by atoms with Gasteiger partial charge in [0.25, 0.3) is 0 Å². The van der Waals surface area contributed by atoms with Gasteiger partial charge in [0.15, 0.2) is 5.96 Å². The van der Waals surface area contributed by atoms with Gasteiger partial charge in [0, 0.05) is 33.4 Å². The maximum Gasteiger partial charge on any atom is 0.193 e. The van der Waals surface area contributed by atoms with Crippen molar-refractivity contribution < 1.29 is 13.2 Å². The van der Waals surface area contributed by atoms with E-state index < -0.39 is 9.84 Å². The number of nitrogens with zero attached hydrogens (tertiary/aromatic N) is 2. The van der Waals surface area contributed by atoms with Gasteiger partial charge in [0.2, 0.25) is 0 Å². The molecule has 0 aliphatic carbocycles. The van der Waals surface area contributed by atoms with E-state index in [1.807, 2.05) is 24.1 Å². The van der Waals surface area contributed by atoms with Crippen LogP contribution in [-0.4, -0.2) is 65.1 Å². The molecule has 1 aromatic carbocycles. The van der Waals surface area contributed by atoms with Crippen molar-refractivity contribution in [3.63, 3.8) is 0 Å². The SMILES string of the molecule is CN=C(NCCOCCS(C)(=O)=O)N(C)Cc1ccccc1C.I. The smallest absolute Gasteiger partial charge is 0.193 e. The maximum absolute atomic E-state index is 11.0. The van der Waals surface area contributed by atoms with Crippen LogP contribution < -0.4 is 5.32 Å². The van der Waals surface area contributed by atoms with Crippen molar-refractivity contribution in [2.75, 3.05) is 45.9 Å². The fourth-order valence-corrected chi connectivity index (χ4v) is 2.47. The number of ether oxygens (including phenoxy) is 1. The van der Waals surface area contributed by atoms with E-state index in [9.17, 15) is 8.42 Å². The van der Waals surface area contributed by atoms with E-state index >= 15 is 0 Å². The third kappa shape index (κ3) is 9.43. The zero-order valence-electron chi connectivity index (χ0n) is 14.8. The van der Waals surface area contributed by atoms with Crippen molar-refractivity contribution in [2.45, 2.75) is 13.5 Å². The molecule has 24 heavy (non-hydrogen) atoms. The maximum atomic E-state index is 11.0. The van der Waals surface area contributed by atoms with Crippen LogP contribution in [0.25, 0.3) is 0 Å². The molecule has 1 rings (SSSR count). The Kier molecular flexibility index (Phi) is 11.2. The number of nitrogens with one attached hydrogen (secondary N) is 1. The van der Waals surface area contributed by atoms with Crippen LogP contribution in [0.3, 0.4) is 0 Å². The van der Waals surface area contributed by atoms with Crippen molar-refractivity contribution in [2.24, 2.45) is 4.99 Å². The standard InChI is InChI=1S/C16H27N3O3S.HI/c1-14-7-5-6-8-15(14)13-19(3)16(17-2)18-9-10-22-11-12-23(4,20)21;/h5-8H,9-13H2,1-4H3,(H,17,18);1H. The lowest BCUT2D eigenvalue weighted by molar-refractivity contribution is 0.153. The highest BCUT2D eigenvalue weighted by Gasteiger charge is 2.07. The van der Waals surface area contributed by atoms with E-state index in [1.165, 1.54) is 17.4 Å². The van der Waals surface area contributed by atoms with Crippen LogP contribution in [0.2, 0.25) is 0 Å². The molecule has 0 fully saturated rings. The average Bonchev–Trinajstić information content (AvgIpc) is 2.47. The van der Waals surface area contributed by atoms with Crippen LogP contribution in [0.15, 0.2) is 29.3 Å². The first kappa shape index (κ1) is 23.1. The number of hydrogen-bond acceptors (Lipinski definition) is 4. The zero-order chi connectivity index (χ0) is 17.3. The molecule has 0 heterocycles. The molecule has 0 amide bonds. The Bertz CT molecular complexity index is 621. The van der Waals surface area contributed by atoms with Gasteiger partial charge in [-0.05, 0) is 18.1 Å². The topological polar surface area (TPSA) is 71.0 Å². The minimum Gasteiger partial charge on any atom is -0.379 e. The van der Waals surface area contributed by atoms with E-state index in [2.05, 4.69) is 29.4 Å². The Morgan fingerprint density at radius 3 is 2.54 bits per heavy atom. The Hall–Kier alpha value is -0.870. The van der Waals surface area contributed by atoms with Crippen molar-refractivity contribution >= 4 is 39.8 Å². The van der Waals surface area contributed by atoms with Gasteiger partial charge in [-0.3, -0.25) is 4.99 Å². The molecule has 0 saturated carbocycles. The molecular weight excluding hydrogens is 441 g/mol. The fraction of sp³-hybridized carbons (Fsp3) is 0.562. The van der Waals surface area contributed by atoms with E-state index in [4.69, 9.17) is 4.74 Å². The minimum absolute atomic E-state index is 0. The third-order valence-corrected chi connectivity index (χ3v) is 4.28. The molecular formula is C16H28IN3O3S. The molecule has 0 spiro atoms. The van der Waals surface area contributed by atoms with E-state index in [1.54, 1.807) is 7.05 Å². The lowest BCUT2D eigenvalue weighted by atomic mass is 10.1. The molecule has 1 N–H and O–H groups in total. The number of hydrogen-bond donors (Lipinski definition) is 1. The molecule has 0 radical (unpaired) electrons. The first-order valence-electron chi connectivity index (χ1n) is 7.55. The van der Waals surface area contributed by atoms with Gasteiger partial charge in [-0.2, -0.15) is 0 Å². The number of aryl methyl sites for hydroxylation is 1. The summed E-state index contributed by atoms with van der Waals surface area (Å²) in [6, 6.07) is 8.25. The van der Waals surface area contributed by atoms with Gasteiger partial charge in [-0.15, -0.1) is 24.0 Å². The summed E-state index contributed by atoms with van der Waals surface area (Å²) >= 11 is 0. The summed E-state index contributed by atoms with van der Waals surface area (Å²) in [5, 5.41) is 3.21. The number of halogens is 1. The highest BCUT2D eigenvalue weighted by Crippen LogP contribution is 2.09. The Balaban J connectivity index is 0.00000529. The molecule has 0 unspecified atom stereocenters. The molecule has 138 valence electrons. The highest BCUT2D eigenvalue weighted by molar-refractivity contribution is 14.0. The average molecular weight is 469 g/mol. The second-order valence-electron chi connectivity index (χ2n) is 5.50. The quantitative estimate of drug-likeness (QED) is 0.272.